The van der Waals surface area contributed by atoms with Crippen LogP contribution in [-0.2, 0) is 14.4 Å². The van der Waals surface area contributed by atoms with Crippen molar-refractivity contribution in [3.63, 3.8) is 0 Å². The summed E-state index contributed by atoms with van der Waals surface area (Å²) >= 11 is 13.4. The monoisotopic (exact) mass is 502 g/mol. The van der Waals surface area contributed by atoms with Gasteiger partial charge in [-0.25, -0.2) is 0 Å². The molecule has 170 valence electrons. The Balaban J connectivity index is 1.79. The van der Waals surface area contributed by atoms with E-state index < -0.39 is 17.1 Å². The van der Waals surface area contributed by atoms with Crippen LogP contribution in [0, 0.1) is 0 Å². The van der Waals surface area contributed by atoms with Gasteiger partial charge < -0.3 is 15.7 Å². The zero-order valence-corrected chi connectivity index (χ0v) is 19.6. The first kappa shape index (κ1) is 24.6. The molecule has 0 aliphatic carbocycles. The lowest BCUT2D eigenvalue weighted by molar-refractivity contribution is -0.138. The second kappa shape index (κ2) is 11.7. The standard InChI is InChI=1S/C24H20Cl2N2O4S/c25-16-11-17(26)13-19(12-16)28-24(32)23(15-5-2-1-3-6-15)33-20-8-4-7-18(14-20)27-21(29)9-10-22(30)31/h1-8,11-14,23H,9-10H2,(H,27,29)(H,28,32)(H,30,31). The summed E-state index contributed by atoms with van der Waals surface area (Å²) in [7, 11) is 0. The Bertz CT molecular complexity index is 1140. The lowest BCUT2D eigenvalue weighted by atomic mass is 10.1. The van der Waals surface area contributed by atoms with Crippen LogP contribution >= 0.6 is 35.0 Å². The molecule has 2 amide bonds. The molecule has 3 aromatic carbocycles. The van der Waals surface area contributed by atoms with Crippen LogP contribution in [0.4, 0.5) is 11.4 Å². The summed E-state index contributed by atoms with van der Waals surface area (Å²) in [6.45, 7) is 0. The van der Waals surface area contributed by atoms with Gasteiger partial charge in [0.2, 0.25) is 11.8 Å². The van der Waals surface area contributed by atoms with E-state index >= 15 is 0 Å². The number of anilines is 2. The summed E-state index contributed by atoms with van der Waals surface area (Å²) in [6.07, 6.45) is -0.367. The summed E-state index contributed by atoms with van der Waals surface area (Å²) in [4.78, 5) is 36.6. The van der Waals surface area contributed by atoms with Crippen LogP contribution in [0.15, 0.2) is 77.7 Å². The maximum Gasteiger partial charge on any atom is 0.303 e. The zero-order valence-electron chi connectivity index (χ0n) is 17.3. The number of nitrogens with one attached hydrogen (secondary N) is 2. The Morgan fingerprint density at radius 2 is 1.52 bits per heavy atom. The number of amides is 2. The number of benzene rings is 3. The van der Waals surface area contributed by atoms with Crippen molar-refractivity contribution in [3.8, 4) is 0 Å². The Hall–Kier alpha value is -3.00. The lowest BCUT2D eigenvalue weighted by Crippen LogP contribution is -2.19. The molecule has 0 aliphatic heterocycles. The number of carbonyl (C=O) groups excluding carboxylic acids is 2. The van der Waals surface area contributed by atoms with E-state index in [0.717, 1.165) is 10.5 Å². The number of carboxylic acid groups (broad SMARTS) is 1. The van der Waals surface area contributed by atoms with Crippen LogP contribution in [0.3, 0.4) is 0 Å². The molecule has 0 saturated heterocycles. The third-order valence-corrected chi connectivity index (χ3v) is 6.09. The Labute approximate surface area is 205 Å². The fourth-order valence-corrected chi connectivity index (χ4v) is 4.57. The van der Waals surface area contributed by atoms with Crippen LogP contribution in [0.25, 0.3) is 0 Å². The van der Waals surface area contributed by atoms with Gasteiger partial charge in [-0.2, -0.15) is 0 Å². The molecule has 0 fully saturated rings. The molecule has 0 radical (unpaired) electrons. The van der Waals surface area contributed by atoms with E-state index in [9.17, 15) is 14.4 Å². The van der Waals surface area contributed by atoms with Gasteiger partial charge in [-0.15, -0.1) is 11.8 Å². The van der Waals surface area contributed by atoms with E-state index in [1.807, 2.05) is 36.4 Å². The van der Waals surface area contributed by atoms with Crippen LogP contribution in [0.5, 0.6) is 0 Å². The molecule has 3 N–H and O–H groups in total. The normalized spacial score (nSPS) is 11.5. The van der Waals surface area contributed by atoms with Crippen molar-refractivity contribution < 1.29 is 19.5 Å². The molecule has 1 unspecified atom stereocenters. The number of hydrogen-bond donors (Lipinski definition) is 3. The molecule has 0 bridgehead atoms. The SMILES string of the molecule is O=C(O)CCC(=O)Nc1cccc(SC(C(=O)Nc2cc(Cl)cc(Cl)c2)c2ccccc2)c1. The first-order chi connectivity index (χ1) is 15.8. The second-order valence-electron chi connectivity index (χ2n) is 7.03. The van der Waals surface area contributed by atoms with Crippen molar-refractivity contribution >= 4 is 64.1 Å². The molecule has 0 heterocycles. The molecular weight excluding hydrogens is 483 g/mol. The number of rotatable bonds is 9. The molecule has 0 saturated carbocycles. The van der Waals surface area contributed by atoms with Gasteiger partial charge >= 0.3 is 5.97 Å². The van der Waals surface area contributed by atoms with E-state index in [2.05, 4.69) is 10.6 Å². The number of halogens is 2. The van der Waals surface area contributed by atoms with Gasteiger partial charge in [-0.05, 0) is 42.0 Å². The molecule has 0 aliphatic rings. The van der Waals surface area contributed by atoms with Gasteiger partial charge in [0, 0.05) is 32.7 Å². The Morgan fingerprint density at radius 3 is 2.18 bits per heavy atom. The summed E-state index contributed by atoms with van der Waals surface area (Å²) < 4.78 is 0. The minimum atomic E-state index is -1.04. The number of aliphatic carboxylic acids is 1. The van der Waals surface area contributed by atoms with Crippen LogP contribution < -0.4 is 10.6 Å². The minimum Gasteiger partial charge on any atom is -0.481 e. The van der Waals surface area contributed by atoms with Gasteiger partial charge in [0.15, 0.2) is 0 Å². The van der Waals surface area contributed by atoms with Crippen molar-refractivity contribution in [2.45, 2.75) is 23.0 Å². The van der Waals surface area contributed by atoms with Gasteiger partial charge in [-0.3, -0.25) is 14.4 Å². The van der Waals surface area contributed by atoms with Crippen molar-refractivity contribution in [1.82, 2.24) is 0 Å². The highest BCUT2D eigenvalue weighted by molar-refractivity contribution is 8.00. The predicted octanol–water partition coefficient (Wildman–Crippen LogP) is 6.27. The number of hydrogen-bond acceptors (Lipinski definition) is 4. The van der Waals surface area contributed by atoms with Gasteiger partial charge in [-0.1, -0.05) is 59.6 Å². The number of carbonyl (C=O) groups is 3. The minimum absolute atomic E-state index is 0.121. The van der Waals surface area contributed by atoms with Gasteiger partial charge in [0.25, 0.3) is 0 Å². The average molecular weight is 503 g/mol. The van der Waals surface area contributed by atoms with Crippen LogP contribution in [0.1, 0.15) is 23.7 Å². The molecular formula is C24H20Cl2N2O4S. The van der Waals surface area contributed by atoms with E-state index in [0.29, 0.717) is 21.4 Å². The van der Waals surface area contributed by atoms with E-state index in [4.69, 9.17) is 28.3 Å². The van der Waals surface area contributed by atoms with E-state index in [-0.39, 0.29) is 18.7 Å². The highest BCUT2D eigenvalue weighted by atomic mass is 35.5. The van der Waals surface area contributed by atoms with E-state index in [1.54, 1.807) is 36.4 Å². The number of thioether (sulfide) groups is 1. The van der Waals surface area contributed by atoms with Crippen molar-refractivity contribution in [2.75, 3.05) is 10.6 Å². The summed E-state index contributed by atoms with van der Waals surface area (Å²) in [5.74, 6) is -1.69. The van der Waals surface area contributed by atoms with Crippen LogP contribution in [-0.4, -0.2) is 22.9 Å². The van der Waals surface area contributed by atoms with Crippen LogP contribution in [0.2, 0.25) is 10.0 Å². The summed E-state index contributed by atoms with van der Waals surface area (Å²) in [6, 6.07) is 21.1. The van der Waals surface area contributed by atoms with Crippen molar-refractivity contribution in [3.05, 3.63) is 88.4 Å². The molecule has 6 nitrogen and oxygen atoms in total. The first-order valence-corrected chi connectivity index (χ1v) is 11.5. The largest absolute Gasteiger partial charge is 0.481 e. The van der Waals surface area contributed by atoms with Crippen molar-refractivity contribution in [1.29, 1.82) is 0 Å². The molecule has 0 aromatic heterocycles. The lowest BCUT2D eigenvalue weighted by Gasteiger charge is -2.18. The maximum atomic E-state index is 13.2. The second-order valence-corrected chi connectivity index (χ2v) is 9.08. The number of carboxylic acids is 1. The van der Waals surface area contributed by atoms with Crippen molar-refractivity contribution in [2.24, 2.45) is 0 Å². The van der Waals surface area contributed by atoms with E-state index in [1.165, 1.54) is 11.8 Å². The maximum absolute atomic E-state index is 13.2. The molecule has 3 aromatic rings. The highest BCUT2D eigenvalue weighted by Crippen LogP contribution is 2.37. The molecule has 9 heteroatoms. The fourth-order valence-electron chi connectivity index (χ4n) is 2.96. The fraction of sp³-hybridized carbons (Fsp3) is 0.125. The predicted molar refractivity (Wildman–Crippen MR) is 132 cm³/mol. The summed E-state index contributed by atoms with van der Waals surface area (Å²) in [5.41, 5.74) is 1.80. The Morgan fingerprint density at radius 1 is 0.818 bits per heavy atom. The topological polar surface area (TPSA) is 95.5 Å². The molecule has 1 atom stereocenters. The third kappa shape index (κ3) is 7.82. The summed E-state index contributed by atoms with van der Waals surface area (Å²) in [5, 5.41) is 14.5. The van der Waals surface area contributed by atoms with Gasteiger partial charge in [0.05, 0.1) is 6.42 Å². The quantitative estimate of drug-likeness (QED) is 0.299. The van der Waals surface area contributed by atoms with Gasteiger partial charge in [0.1, 0.15) is 5.25 Å². The third-order valence-electron chi connectivity index (χ3n) is 4.41. The smallest absolute Gasteiger partial charge is 0.303 e. The molecule has 0 spiro atoms. The average Bonchev–Trinajstić information content (AvgIpc) is 2.76. The zero-order chi connectivity index (χ0) is 23.8. The first-order valence-electron chi connectivity index (χ1n) is 9.90. The Kier molecular flexibility index (Phi) is 8.77. The highest BCUT2D eigenvalue weighted by Gasteiger charge is 2.23. The molecule has 3 rings (SSSR count). The molecule has 33 heavy (non-hydrogen) atoms.